The van der Waals surface area contributed by atoms with Gasteiger partial charge in [-0.1, -0.05) is 12.1 Å². The van der Waals surface area contributed by atoms with Crippen LogP contribution >= 0.6 is 11.8 Å². The summed E-state index contributed by atoms with van der Waals surface area (Å²) in [4.78, 5) is 23.1. The number of aliphatic hydroxyl groups excluding tert-OH is 2. The Bertz CT molecular complexity index is 423. The Kier molecular flexibility index (Phi) is 13.1. The van der Waals surface area contributed by atoms with Gasteiger partial charge < -0.3 is 19.7 Å². The summed E-state index contributed by atoms with van der Waals surface area (Å²) in [6, 6.07) is 6.44. The smallest absolute Gasteiger partial charge is 0.338 e. The van der Waals surface area contributed by atoms with Gasteiger partial charge >= 0.3 is 11.9 Å². The lowest BCUT2D eigenvalue weighted by Crippen LogP contribution is -2.13. The minimum Gasteiger partial charge on any atom is -0.462 e. The quantitative estimate of drug-likeness (QED) is 0.548. The molecule has 0 aromatic heterocycles. The summed E-state index contributed by atoms with van der Waals surface area (Å²) in [7, 11) is 0. The maximum atomic E-state index is 11.5. The predicted octanol–water partition coefficient (Wildman–Crippen LogP) is 1.74. The van der Waals surface area contributed by atoms with E-state index in [0.29, 0.717) is 0 Å². The molecule has 0 fully saturated rings. The summed E-state index contributed by atoms with van der Waals surface area (Å²) in [6.07, 6.45) is 0. The summed E-state index contributed by atoms with van der Waals surface area (Å²) in [5.41, 5.74) is 0.477. The van der Waals surface area contributed by atoms with Gasteiger partial charge in [-0.15, -0.1) is 0 Å². The van der Waals surface area contributed by atoms with E-state index < -0.39 is 11.9 Å². The summed E-state index contributed by atoms with van der Waals surface area (Å²) in [5, 5.41) is 16.4. The Morgan fingerprint density at radius 2 is 1.30 bits per heavy atom. The first-order valence-corrected chi connectivity index (χ1v) is 8.50. The van der Waals surface area contributed by atoms with Crippen molar-refractivity contribution in [2.75, 3.05) is 37.9 Å². The Labute approximate surface area is 140 Å². The summed E-state index contributed by atoms with van der Waals surface area (Å²) >= 11 is 1.55. The molecule has 0 aliphatic rings. The van der Waals surface area contributed by atoms with Crippen LogP contribution in [0.1, 0.15) is 34.6 Å². The van der Waals surface area contributed by atoms with E-state index in [1.165, 1.54) is 0 Å². The lowest BCUT2D eigenvalue weighted by atomic mass is 10.1. The molecule has 0 aliphatic carbocycles. The summed E-state index contributed by atoms with van der Waals surface area (Å²) < 4.78 is 9.70. The lowest BCUT2D eigenvalue weighted by Gasteiger charge is -2.07. The molecule has 0 unspecified atom stereocenters. The zero-order valence-corrected chi connectivity index (χ0v) is 14.3. The first-order valence-electron chi connectivity index (χ1n) is 7.35. The van der Waals surface area contributed by atoms with Gasteiger partial charge in [0.1, 0.15) is 0 Å². The van der Waals surface area contributed by atoms with Crippen molar-refractivity contribution in [2.24, 2.45) is 0 Å². The molecule has 0 saturated heterocycles. The van der Waals surface area contributed by atoms with Crippen LogP contribution < -0.4 is 0 Å². The lowest BCUT2D eigenvalue weighted by molar-refractivity contribution is 0.0479. The van der Waals surface area contributed by atoms with Crippen LogP contribution in [0.25, 0.3) is 0 Å². The number of aliphatic hydroxyl groups is 2. The van der Waals surface area contributed by atoms with Crippen molar-refractivity contribution < 1.29 is 29.3 Å². The maximum absolute atomic E-state index is 11.5. The molecule has 130 valence electrons. The largest absolute Gasteiger partial charge is 0.462 e. The fraction of sp³-hybridized carbons (Fsp3) is 0.500. The van der Waals surface area contributed by atoms with Gasteiger partial charge in [0.05, 0.1) is 37.6 Å². The summed E-state index contributed by atoms with van der Waals surface area (Å²) in [6.45, 7) is 4.40. The molecule has 0 spiro atoms. The Balaban J connectivity index is 0.000000585. The van der Waals surface area contributed by atoms with Gasteiger partial charge in [0.25, 0.3) is 0 Å². The number of hydrogen-bond donors (Lipinski definition) is 2. The highest BCUT2D eigenvalue weighted by atomic mass is 32.2. The second kappa shape index (κ2) is 14.0. The molecule has 1 aromatic rings. The van der Waals surface area contributed by atoms with Crippen molar-refractivity contribution in [3.05, 3.63) is 35.4 Å². The van der Waals surface area contributed by atoms with E-state index in [4.69, 9.17) is 19.7 Å². The van der Waals surface area contributed by atoms with Gasteiger partial charge in [0.2, 0.25) is 0 Å². The van der Waals surface area contributed by atoms with Crippen molar-refractivity contribution in [2.45, 2.75) is 13.8 Å². The molecule has 6 nitrogen and oxygen atoms in total. The van der Waals surface area contributed by atoms with Crippen LogP contribution in [0.2, 0.25) is 0 Å². The van der Waals surface area contributed by atoms with Crippen LogP contribution in [0.4, 0.5) is 0 Å². The number of benzene rings is 1. The van der Waals surface area contributed by atoms with E-state index in [9.17, 15) is 9.59 Å². The van der Waals surface area contributed by atoms with Crippen LogP contribution in [-0.4, -0.2) is 60.1 Å². The SMILES string of the molecule is CCOC(=O)c1ccccc1C(=O)OCC.OCCSCCO. The van der Waals surface area contributed by atoms with Crippen molar-refractivity contribution in [1.82, 2.24) is 0 Å². The average molecular weight is 344 g/mol. The van der Waals surface area contributed by atoms with Gasteiger partial charge in [-0.25, -0.2) is 9.59 Å². The first-order chi connectivity index (χ1) is 11.1. The Hall–Kier alpha value is -1.57. The van der Waals surface area contributed by atoms with Gasteiger partial charge in [0.15, 0.2) is 0 Å². The molecule has 23 heavy (non-hydrogen) atoms. The van der Waals surface area contributed by atoms with E-state index in [0.717, 1.165) is 11.5 Å². The van der Waals surface area contributed by atoms with Crippen molar-refractivity contribution in [3.63, 3.8) is 0 Å². The molecule has 1 aromatic carbocycles. The topological polar surface area (TPSA) is 93.1 Å². The molecule has 2 N–H and O–H groups in total. The van der Waals surface area contributed by atoms with E-state index >= 15 is 0 Å². The number of carbonyl (C=O) groups is 2. The molecule has 0 amide bonds. The third-order valence-electron chi connectivity index (χ3n) is 2.39. The van der Waals surface area contributed by atoms with Crippen molar-refractivity contribution >= 4 is 23.7 Å². The van der Waals surface area contributed by atoms with Crippen molar-refractivity contribution in [1.29, 1.82) is 0 Å². The third-order valence-corrected chi connectivity index (χ3v) is 3.33. The minimum absolute atomic E-state index is 0.213. The van der Waals surface area contributed by atoms with Gasteiger partial charge in [-0.3, -0.25) is 0 Å². The normalized spacial score (nSPS) is 9.57. The van der Waals surface area contributed by atoms with E-state index in [1.807, 2.05) is 0 Å². The second-order valence-electron chi connectivity index (χ2n) is 4.05. The highest BCUT2D eigenvalue weighted by molar-refractivity contribution is 7.99. The number of ether oxygens (including phenoxy) is 2. The van der Waals surface area contributed by atoms with Crippen LogP contribution in [0.3, 0.4) is 0 Å². The highest BCUT2D eigenvalue weighted by Gasteiger charge is 2.17. The molecule has 0 atom stereocenters. The number of carbonyl (C=O) groups excluding carboxylic acids is 2. The summed E-state index contributed by atoms with van der Waals surface area (Å²) in [5.74, 6) is 0.457. The predicted molar refractivity (Wildman–Crippen MR) is 89.9 cm³/mol. The van der Waals surface area contributed by atoms with Crippen LogP contribution in [0.15, 0.2) is 24.3 Å². The molecule has 0 saturated carbocycles. The zero-order chi connectivity index (χ0) is 17.5. The number of rotatable bonds is 8. The fourth-order valence-electron chi connectivity index (χ4n) is 1.49. The zero-order valence-electron chi connectivity index (χ0n) is 13.5. The molecule has 0 radical (unpaired) electrons. The number of thioether (sulfide) groups is 1. The van der Waals surface area contributed by atoms with Gasteiger partial charge in [-0.05, 0) is 26.0 Å². The van der Waals surface area contributed by atoms with Crippen molar-refractivity contribution in [3.8, 4) is 0 Å². The Morgan fingerprint density at radius 3 is 1.61 bits per heavy atom. The first kappa shape index (κ1) is 21.4. The monoisotopic (exact) mass is 344 g/mol. The number of esters is 2. The second-order valence-corrected chi connectivity index (χ2v) is 5.27. The molecular formula is C16H24O6S. The van der Waals surface area contributed by atoms with E-state index in [1.54, 1.807) is 49.9 Å². The van der Waals surface area contributed by atoms with Gasteiger partial charge in [0, 0.05) is 11.5 Å². The van der Waals surface area contributed by atoms with Gasteiger partial charge in [-0.2, -0.15) is 11.8 Å². The number of hydrogen-bond acceptors (Lipinski definition) is 7. The van der Waals surface area contributed by atoms with E-state index in [-0.39, 0.29) is 37.6 Å². The molecule has 1 rings (SSSR count). The molecule has 0 aliphatic heterocycles. The molecule has 7 heteroatoms. The molecular weight excluding hydrogens is 320 g/mol. The molecule has 0 heterocycles. The standard InChI is InChI=1S/C12H14O4.C4H10O2S/c1-3-15-11(13)9-7-5-6-8-10(9)12(14)16-4-2;5-1-3-7-4-2-6/h5-8H,3-4H2,1-2H3;5-6H,1-4H2. The maximum Gasteiger partial charge on any atom is 0.338 e. The van der Waals surface area contributed by atoms with Crippen LogP contribution in [0, 0.1) is 0 Å². The fourth-order valence-corrected chi connectivity index (χ4v) is 1.95. The average Bonchev–Trinajstić information content (AvgIpc) is 2.56. The van der Waals surface area contributed by atoms with E-state index in [2.05, 4.69) is 0 Å². The third kappa shape index (κ3) is 9.22. The van der Waals surface area contributed by atoms with Crippen LogP contribution in [-0.2, 0) is 9.47 Å². The Morgan fingerprint density at radius 1 is 0.913 bits per heavy atom. The highest BCUT2D eigenvalue weighted by Crippen LogP contribution is 2.11. The molecule has 0 bridgehead atoms. The minimum atomic E-state index is -0.508. The van der Waals surface area contributed by atoms with Crippen LogP contribution in [0.5, 0.6) is 0 Å².